The van der Waals surface area contributed by atoms with E-state index in [1.165, 1.54) is 6.33 Å². The number of aliphatic hydroxyl groups excluding tert-OH is 3. The van der Waals surface area contributed by atoms with Gasteiger partial charge in [0, 0.05) is 0 Å². The Morgan fingerprint density at radius 3 is 2.70 bits per heavy atom. The van der Waals surface area contributed by atoms with Crippen LogP contribution in [0.25, 0.3) is 10.9 Å². The maximum absolute atomic E-state index is 12.4. The summed E-state index contributed by atoms with van der Waals surface area (Å²) in [7, 11) is 0. The topological polar surface area (TPSA) is 105 Å². The second-order valence-corrected chi connectivity index (χ2v) is 4.70. The van der Waals surface area contributed by atoms with E-state index in [0.29, 0.717) is 10.9 Å². The smallest absolute Gasteiger partial charge is 0.263 e. The van der Waals surface area contributed by atoms with Crippen LogP contribution in [0.2, 0.25) is 0 Å². The molecule has 4 atom stereocenters. The minimum Gasteiger partial charge on any atom is -0.394 e. The summed E-state index contributed by atoms with van der Waals surface area (Å²) in [6.07, 6.45) is -3.26. The number of nitrogens with zero attached hydrogens (tertiary/aromatic N) is 2. The first-order valence-electron chi connectivity index (χ1n) is 6.22. The molecule has 1 aliphatic heterocycles. The molecule has 2 heterocycles. The highest BCUT2D eigenvalue weighted by molar-refractivity contribution is 5.76. The van der Waals surface area contributed by atoms with Crippen LogP contribution in [0.15, 0.2) is 35.4 Å². The molecule has 7 nitrogen and oxygen atoms in total. The maximum atomic E-state index is 12.4. The molecule has 2 aromatic rings. The van der Waals surface area contributed by atoms with Crippen molar-refractivity contribution in [3.8, 4) is 0 Å². The first kappa shape index (κ1) is 13.2. The van der Waals surface area contributed by atoms with E-state index in [4.69, 9.17) is 9.84 Å². The molecule has 1 aliphatic rings. The third-order valence-corrected chi connectivity index (χ3v) is 3.48. The third-order valence-electron chi connectivity index (χ3n) is 3.48. The molecular weight excluding hydrogens is 264 g/mol. The van der Waals surface area contributed by atoms with Gasteiger partial charge in [0.1, 0.15) is 24.6 Å². The third kappa shape index (κ3) is 1.92. The second kappa shape index (κ2) is 4.95. The molecule has 106 valence electrons. The Kier molecular flexibility index (Phi) is 3.27. The van der Waals surface area contributed by atoms with E-state index in [0.717, 1.165) is 4.57 Å². The largest absolute Gasteiger partial charge is 0.394 e. The molecule has 0 spiro atoms. The Morgan fingerprint density at radius 2 is 2.00 bits per heavy atom. The van der Waals surface area contributed by atoms with E-state index in [9.17, 15) is 15.0 Å². The van der Waals surface area contributed by atoms with E-state index in [1.54, 1.807) is 24.3 Å². The quantitative estimate of drug-likeness (QED) is 0.651. The van der Waals surface area contributed by atoms with E-state index in [1.807, 2.05) is 0 Å². The number of aromatic nitrogens is 2. The van der Waals surface area contributed by atoms with Crippen LogP contribution in [-0.4, -0.2) is 49.8 Å². The van der Waals surface area contributed by atoms with Crippen molar-refractivity contribution in [3.63, 3.8) is 0 Å². The number of ether oxygens (including phenoxy) is 1. The molecule has 1 fully saturated rings. The van der Waals surface area contributed by atoms with Crippen molar-refractivity contribution < 1.29 is 20.1 Å². The highest BCUT2D eigenvalue weighted by Crippen LogP contribution is 2.28. The van der Waals surface area contributed by atoms with Crippen LogP contribution in [-0.2, 0) is 4.74 Å². The van der Waals surface area contributed by atoms with Crippen LogP contribution in [0.4, 0.5) is 0 Å². The average Bonchev–Trinajstić information content (AvgIpc) is 2.76. The fourth-order valence-corrected chi connectivity index (χ4v) is 2.37. The fraction of sp³-hybridized carbons (Fsp3) is 0.385. The lowest BCUT2D eigenvalue weighted by atomic mass is 10.1. The van der Waals surface area contributed by atoms with Crippen molar-refractivity contribution in [1.29, 1.82) is 0 Å². The van der Waals surface area contributed by atoms with Gasteiger partial charge < -0.3 is 20.1 Å². The molecule has 20 heavy (non-hydrogen) atoms. The molecule has 3 rings (SSSR count). The fourth-order valence-electron chi connectivity index (χ4n) is 2.37. The van der Waals surface area contributed by atoms with E-state index < -0.39 is 31.1 Å². The number of benzene rings is 1. The Hall–Kier alpha value is -1.80. The van der Waals surface area contributed by atoms with E-state index >= 15 is 0 Å². The molecule has 0 amide bonds. The van der Waals surface area contributed by atoms with Crippen molar-refractivity contribution in [2.24, 2.45) is 0 Å². The lowest BCUT2D eigenvalue weighted by Crippen LogP contribution is -2.35. The van der Waals surface area contributed by atoms with Crippen LogP contribution < -0.4 is 5.56 Å². The molecular formula is C13H14N2O5. The zero-order valence-corrected chi connectivity index (χ0v) is 10.5. The Morgan fingerprint density at radius 1 is 1.25 bits per heavy atom. The first-order valence-corrected chi connectivity index (χ1v) is 6.22. The maximum Gasteiger partial charge on any atom is 0.263 e. The van der Waals surface area contributed by atoms with Crippen LogP contribution in [0.1, 0.15) is 6.23 Å². The zero-order valence-electron chi connectivity index (χ0n) is 10.5. The predicted octanol–water partition coefficient (Wildman–Crippen LogP) is -0.992. The Labute approximate surface area is 113 Å². The molecule has 0 bridgehead atoms. The number of aliphatic hydroxyl groups is 3. The Bertz CT molecular complexity index is 686. The molecule has 1 saturated heterocycles. The SMILES string of the molecule is O=c1c2ccccc2ncn1[C@H]1O[C@@H](CO)[C@@H](O)[C@@H]1O. The number of hydrogen-bond acceptors (Lipinski definition) is 6. The summed E-state index contributed by atoms with van der Waals surface area (Å²) in [5, 5.41) is 29.1. The predicted molar refractivity (Wildman–Crippen MR) is 69.0 cm³/mol. The molecule has 0 unspecified atom stereocenters. The van der Waals surface area contributed by atoms with Crippen molar-refractivity contribution in [1.82, 2.24) is 9.55 Å². The van der Waals surface area contributed by atoms with Gasteiger partial charge in [-0.3, -0.25) is 9.36 Å². The monoisotopic (exact) mass is 278 g/mol. The van der Waals surface area contributed by atoms with Gasteiger partial charge in [0.15, 0.2) is 6.23 Å². The summed E-state index contributed by atoms with van der Waals surface area (Å²) >= 11 is 0. The summed E-state index contributed by atoms with van der Waals surface area (Å²) in [5.41, 5.74) is 0.172. The highest BCUT2D eigenvalue weighted by atomic mass is 16.6. The second-order valence-electron chi connectivity index (χ2n) is 4.70. The van der Waals surface area contributed by atoms with Crippen LogP contribution >= 0.6 is 0 Å². The van der Waals surface area contributed by atoms with Crippen LogP contribution in [0.5, 0.6) is 0 Å². The van der Waals surface area contributed by atoms with Crippen molar-refractivity contribution in [2.45, 2.75) is 24.5 Å². The van der Waals surface area contributed by atoms with Crippen LogP contribution in [0, 0.1) is 0 Å². The summed E-state index contributed by atoms with van der Waals surface area (Å²) in [5.74, 6) is 0. The summed E-state index contributed by atoms with van der Waals surface area (Å²) in [4.78, 5) is 16.5. The van der Waals surface area contributed by atoms with Gasteiger partial charge in [0.05, 0.1) is 17.5 Å². The highest BCUT2D eigenvalue weighted by Gasteiger charge is 2.43. The van der Waals surface area contributed by atoms with E-state index in [-0.39, 0.29) is 5.56 Å². The Balaban J connectivity index is 2.07. The summed E-state index contributed by atoms with van der Waals surface area (Å²) in [6, 6.07) is 6.82. The van der Waals surface area contributed by atoms with Gasteiger partial charge in [0.25, 0.3) is 5.56 Å². The molecule has 1 aromatic carbocycles. The van der Waals surface area contributed by atoms with Gasteiger partial charge in [-0.05, 0) is 12.1 Å². The van der Waals surface area contributed by atoms with Crippen molar-refractivity contribution in [3.05, 3.63) is 40.9 Å². The normalized spacial score (nSPS) is 29.9. The first-order chi connectivity index (χ1) is 9.63. The molecule has 0 radical (unpaired) electrons. The van der Waals surface area contributed by atoms with Gasteiger partial charge in [0.2, 0.25) is 0 Å². The zero-order chi connectivity index (χ0) is 14.3. The average molecular weight is 278 g/mol. The van der Waals surface area contributed by atoms with Gasteiger partial charge in [-0.15, -0.1) is 0 Å². The van der Waals surface area contributed by atoms with Gasteiger partial charge in [-0.2, -0.15) is 0 Å². The van der Waals surface area contributed by atoms with Crippen molar-refractivity contribution in [2.75, 3.05) is 6.61 Å². The molecule has 1 aromatic heterocycles. The lowest BCUT2D eigenvalue weighted by Gasteiger charge is -2.17. The molecule has 0 aliphatic carbocycles. The number of rotatable bonds is 2. The number of para-hydroxylation sites is 1. The number of hydrogen-bond donors (Lipinski definition) is 3. The van der Waals surface area contributed by atoms with E-state index in [2.05, 4.69) is 4.98 Å². The van der Waals surface area contributed by atoms with Crippen molar-refractivity contribution >= 4 is 10.9 Å². The standard InChI is InChI=1S/C13H14N2O5/c16-5-9-10(17)11(18)13(20-9)15-6-14-8-4-2-1-3-7(8)12(15)19/h1-4,6,9-11,13,16-18H,5H2/t9-,10+,11-,13-/m0/s1. The summed E-state index contributed by atoms with van der Waals surface area (Å²) in [6.45, 7) is -0.440. The number of fused-ring (bicyclic) bond motifs is 1. The minimum absolute atomic E-state index is 0.370. The lowest BCUT2D eigenvalue weighted by molar-refractivity contribution is -0.0545. The molecule has 3 N–H and O–H groups in total. The van der Waals surface area contributed by atoms with Crippen LogP contribution in [0.3, 0.4) is 0 Å². The minimum atomic E-state index is -1.30. The molecule has 7 heteroatoms. The molecule has 0 saturated carbocycles. The van der Waals surface area contributed by atoms with Gasteiger partial charge in [-0.25, -0.2) is 4.98 Å². The summed E-state index contributed by atoms with van der Waals surface area (Å²) < 4.78 is 6.45. The van der Waals surface area contributed by atoms with Gasteiger partial charge >= 0.3 is 0 Å². The van der Waals surface area contributed by atoms with Gasteiger partial charge in [-0.1, -0.05) is 12.1 Å².